The van der Waals surface area contributed by atoms with Crippen molar-refractivity contribution in [3.05, 3.63) is 66.7 Å². The molecule has 0 saturated carbocycles. The van der Waals surface area contributed by atoms with Gasteiger partial charge in [-0.2, -0.15) is 0 Å². The van der Waals surface area contributed by atoms with Crippen molar-refractivity contribution in [1.29, 1.82) is 0 Å². The Hall–Kier alpha value is -2.93. The molecule has 25 heavy (non-hydrogen) atoms. The number of benzene rings is 3. The van der Waals surface area contributed by atoms with Crippen molar-refractivity contribution >= 4 is 33.4 Å². The number of para-hydroxylation sites is 1. The summed E-state index contributed by atoms with van der Waals surface area (Å²) in [6.07, 6.45) is 0. The van der Waals surface area contributed by atoms with Crippen LogP contribution in [-0.2, 0) is 0 Å². The fraction of sp³-hybridized carbons (Fsp3) is 0. The minimum Gasteiger partial charge on any atom is -1.00 e. The first-order valence-electron chi connectivity index (χ1n) is 7.08. The molecule has 0 bridgehead atoms. The molecule has 0 saturated heterocycles. The van der Waals surface area contributed by atoms with Gasteiger partial charge in [0.05, 0.1) is 0 Å². The Balaban J connectivity index is 0.00000104. The molecule has 10 N–H and O–H groups in total. The van der Waals surface area contributed by atoms with Gasteiger partial charge in [0, 0.05) is 35.6 Å². The van der Waals surface area contributed by atoms with Crippen LogP contribution in [0.1, 0.15) is 0 Å². The van der Waals surface area contributed by atoms with Crippen molar-refractivity contribution in [1.82, 2.24) is 17.3 Å². The molecule has 0 radical (unpaired) electrons. The third-order valence-electron chi connectivity index (χ3n) is 3.74. The van der Waals surface area contributed by atoms with Crippen LogP contribution >= 0.6 is 0 Å². The predicted octanol–water partition coefficient (Wildman–Crippen LogP) is 0.157. The van der Waals surface area contributed by atoms with Crippen molar-refractivity contribution in [3.8, 4) is 5.69 Å². The highest BCUT2D eigenvalue weighted by molar-refractivity contribution is 5.85. The lowest BCUT2D eigenvalue weighted by Gasteiger charge is -2.06. The summed E-state index contributed by atoms with van der Waals surface area (Å²) in [5.74, 6) is 0. The Labute approximate surface area is 152 Å². The van der Waals surface area contributed by atoms with E-state index in [1.54, 1.807) is 0 Å². The molecular weight excluding hydrogens is 336 g/mol. The van der Waals surface area contributed by atoms with Gasteiger partial charge in [0.15, 0.2) is 0 Å². The van der Waals surface area contributed by atoms with Crippen LogP contribution < -0.4 is 40.7 Å². The van der Waals surface area contributed by atoms with E-state index in [4.69, 9.17) is 16.5 Å². The molecule has 0 fully saturated rings. The molecule has 0 atom stereocenters. The Morgan fingerprint density at radius 3 is 1.64 bits per heavy atom. The molecule has 4 aromatic rings. The average Bonchev–Trinajstić information content (AvgIpc) is 2.54. The summed E-state index contributed by atoms with van der Waals surface area (Å²) >= 11 is 0. The summed E-state index contributed by atoms with van der Waals surface area (Å²) in [5, 5.41) is 0. The predicted molar refractivity (Wildman–Crippen MR) is 99.6 cm³/mol. The van der Waals surface area contributed by atoms with Gasteiger partial charge < -0.3 is 36.2 Å². The van der Waals surface area contributed by atoms with E-state index in [1.165, 1.54) is 0 Å². The molecule has 4 rings (SSSR count). The van der Waals surface area contributed by atoms with Crippen molar-refractivity contribution in [2.24, 2.45) is 0 Å². The number of hydrogen-bond donors (Lipinski definition) is 4. The van der Waals surface area contributed by atoms with Crippen LogP contribution in [0.25, 0.3) is 27.8 Å². The molecule has 1 heterocycles. The van der Waals surface area contributed by atoms with Crippen LogP contribution in [0.15, 0.2) is 66.7 Å². The van der Waals surface area contributed by atoms with E-state index in [2.05, 4.69) is 16.7 Å². The van der Waals surface area contributed by atoms with Crippen LogP contribution in [0.5, 0.6) is 0 Å². The lowest BCUT2D eigenvalue weighted by Crippen LogP contribution is -3.00. The molecule has 0 amide bonds. The fourth-order valence-electron chi connectivity index (χ4n) is 2.74. The summed E-state index contributed by atoms with van der Waals surface area (Å²) in [4.78, 5) is 4.71. The molecular formula is C18H21ClN6. The second-order valence-corrected chi connectivity index (χ2v) is 5.28. The number of fused-ring (bicyclic) bond motifs is 2. The molecule has 130 valence electrons. The quantitative estimate of drug-likeness (QED) is 0.218. The number of nitrogen functional groups attached to an aromatic ring is 2. The van der Waals surface area contributed by atoms with Crippen molar-refractivity contribution in [2.75, 3.05) is 11.5 Å². The first-order valence-corrected chi connectivity index (χ1v) is 7.08. The number of hydrogen-bond acceptors (Lipinski definition) is 5. The third-order valence-corrected chi connectivity index (χ3v) is 3.74. The second-order valence-electron chi connectivity index (χ2n) is 5.28. The highest BCUT2D eigenvalue weighted by atomic mass is 35.5. The van der Waals surface area contributed by atoms with Crippen LogP contribution in [-0.4, -0.2) is 4.98 Å². The monoisotopic (exact) mass is 356 g/mol. The minimum atomic E-state index is 0. The largest absolute Gasteiger partial charge is 1.00 e. The van der Waals surface area contributed by atoms with Crippen LogP contribution in [0.3, 0.4) is 0 Å². The minimum absolute atomic E-state index is 0. The Morgan fingerprint density at radius 2 is 1.16 bits per heavy atom. The number of halogens is 1. The van der Waals surface area contributed by atoms with Crippen LogP contribution in [0.2, 0.25) is 0 Å². The van der Waals surface area contributed by atoms with E-state index in [9.17, 15) is 0 Å². The Kier molecular flexibility index (Phi) is 6.24. The average molecular weight is 357 g/mol. The van der Waals surface area contributed by atoms with Gasteiger partial charge in [0.1, 0.15) is 11.0 Å². The SMILES string of the molecule is N.N.Nc1ccc2nc3ccc(N)cc3[n+](-c3ccccc3)c2c1.[Cl-]. The molecule has 6 nitrogen and oxygen atoms in total. The summed E-state index contributed by atoms with van der Waals surface area (Å²) in [6.45, 7) is 0. The van der Waals surface area contributed by atoms with E-state index in [0.29, 0.717) is 11.4 Å². The van der Waals surface area contributed by atoms with Gasteiger partial charge in [0.25, 0.3) is 0 Å². The standard InChI is InChI=1S/C18H14N4.ClH.2H3N/c19-12-6-8-15-17(10-12)22(14-4-2-1-3-5-14)18-11-13(20)7-9-16(18)21-15;;;/h1-11H,(H3,19,20);1H;2*1H3. The Morgan fingerprint density at radius 1 is 0.680 bits per heavy atom. The van der Waals surface area contributed by atoms with Gasteiger partial charge in [-0.25, -0.2) is 4.98 Å². The molecule has 3 aromatic carbocycles. The van der Waals surface area contributed by atoms with Gasteiger partial charge >= 0.3 is 0 Å². The maximum atomic E-state index is 5.98. The van der Waals surface area contributed by atoms with Crippen molar-refractivity contribution in [3.63, 3.8) is 0 Å². The normalized spacial score (nSPS) is 9.76. The lowest BCUT2D eigenvalue weighted by molar-refractivity contribution is -0.538. The van der Waals surface area contributed by atoms with E-state index < -0.39 is 0 Å². The highest BCUT2D eigenvalue weighted by Crippen LogP contribution is 2.20. The smallest absolute Gasteiger partial charge is 0.239 e. The maximum Gasteiger partial charge on any atom is 0.239 e. The zero-order valence-corrected chi connectivity index (χ0v) is 14.4. The van der Waals surface area contributed by atoms with Gasteiger partial charge in [-0.15, -0.1) is 4.57 Å². The molecule has 0 spiro atoms. The van der Waals surface area contributed by atoms with Gasteiger partial charge in [-0.05, 0) is 24.3 Å². The zero-order chi connectivity index (χ0) is 15.1. The van der Waals surface area contributed by atoms with Crippen molar-refractivity contribution < 1.29 is 17.0 Å². The molecule has 0 aliphatic heterocycles. The molecule has 0 unspecified atom stereocenters. The summed E-state index contributed by atoms with van der Waals surface area (Å²) < 4.78 is 2.14. The van der Waals surface area contributed by atoms with Gasteiger partial charge in [-0.1, -0.05) is 18.2 Å². The van der Waals surface area contributed by atoms with Gasteiger partial charge in [0.2, 0.25) is 16.7 Å². The van der Waals surface area contributed by atoms with E-state index >= 15 is 0 Å². The summed E-state index contributed by atoms with van der Waals surface area (Å²) in [5.41, 5.74) is 18.2. The number of nitrogens with zero attached hydrogens (tertiary/aromatic N) is 2. The second kappa shape index (κ2) is 7.76. The number of nitrogens with two attached hydrogens (primary N) is 2. The zero-order valence-electron chi connectivity index (χ0n) is 13.7. The topological polar surface area (TPSA) is 139 Å². The van der Waals surface area contributed by atoms with Crippen LogP contribution in [0.4, 0.5) is 11.4 Å². The number of aromatic nitrogens is 2. The van der Waals surface area contributed by atoms with E-state index in [-0.39, 0.29) is 24.7 Å². The van der Waals surface area contributed by atoms with Crippen LogP contribution in [0, 0.1) is 0 Å². The molecule has 0 aliphatic rings. The first-order chi connectivity index (χ1) is 10.7. The highest BCUT2D eigenvalue weighted by Gasteiger charge is 2.19. The van der Waals surface area contributed by atoms with Crippen molar-refractivity contribution in [2.45, 2.75) is 0 Å². The number of anilines is 2. The number of rotatable bonds is 1. The van der Waals surface area contributed by atoms with Gasteiger partial charge in [-0.3, -0.25) is 0 Å². The van der Waals surface area contributed by atoms with E-state index in [1.807, 2.05) is 54.6 Å². The maximum absolute atomic E-state index is 5.98. The summed E-state index contributed by atoms with van der Waals surface area (Å²) in [7, 11) is 0. The molecule has 1 aromatic heterocycles. The third kappa shape index (κ3) is 3.46. The Bertz CT molecular complexity index is 944. The lowest BCUT2D eigenvalue weighted by atomic mass is 10.2. The molecule has 7 heteroatoms. The van der Waals surface area contributed by atoms with E-state index in [0.717, 1.165) is 27.8 Å². The molecule has 0 aliphatic carbocycles. The summed E-state index contributed by atoms with van der Waals surface area (Å²) in [6, 6.07) is 21.7. The fourth-order valence-corrected chi connectivity index (χ4v) is 2.74. The first kappa shape index (κ1) is 20.1.